The van der Waals surface area contributed by atoms with Gasteiger partial charge in [0.05, 0.1) is 15.9 Å². The Morgan fingerprint density at radius 2 is 2.24 bits per heavy atom. The van der Waals surface area contributed by atoms with Gasteiger partial charge in [-0.05, 0) is 25.1 Å². The fraction of sp³-hybridized carbons (Fsp3) is 0.364. The van der Waals surface area contributed by atoms with Crippen LogP contribution in [0.5, 0.6) is 0 Å². The number of nitrogens with zero attached hydrogens (tertiary/aromatic N) is 1. The van der Waals surface area contributed by atoms with E-state index in [0.717, 1.165) is 5.69 Å². The third-order valence-electron chi connectivity index (χ3n) is 2.36. The van der Waals surface area contributed by atoms with Crippen molar-refractivity contribution in [2.75, 3.05) is 17.4 Å². The lowest BCUT2D eigenvalue weighted by Crippen LogP contribution is -2.30. The van der Waals surface area contributed by atoms with Crippen molar-refractivity contribution >= 4 is 46.6 Å². The number of hydrogen-bond donors (Lipinski definition) is 0. The van der Waals surface area contributed by atoms with Crippen LogP contribution in [0.1, 0.15) is 6.92 Å². The smallest absolute Gasteiger partial charge is 0.267 e. The number of hydrogen-bond acceptors (Lipinski definition) is 3. The molecular formula is C11H11Cl2NO2S. The summed E-state index contributed by atoms with van der Waals surface area (Å²) >= 11 is 13.2. The highest BCUT2D eigenvalue weighted by atomic mass is 35.5. The number of anilines is 1. The zero-order valence-corrected chi connectivity index (χ0v) is 11.5. The van der Waals surface area contributed by atoms with Crippen molar-refractivity contribution in [1.29, 1.82) is 0 Å². The van der Waals surface area contributed by atoms with Crippen LogP contribution in [-0.2, 0) is 9.53 Å². The molecule has 1 heterocycles. The highest BCUT2D eigenvalue weighted by Gasteiger charge is 2.33. The highest BCUT2D eigenvalue weighted by Crippen LogP contribution is 2.33. The van der Waals surface area contributed by atoms with Crippen molar-refractivity contribution in [3.8, 4) is 0 Å². The van der Waals surface area contributed by atoms with Crippen LogP contribution < -0.4 is 4.90 Å². The molecule has 0 N–H and O–H groups in total. The molecule has 0 aliphatic carbocycles. The van der Waals surface area contributed by atoms with E-state index in [9.17, 15) is 4.79 Å². The molecule has 0 bridgehead atoms. The molecule has 0 aromatic heterocycles. The second-order valence-electron chi connectivity index (χ2n) is 3.45. The van der Waals surface area contributed by atoms with Crippen molar-refractivity contribution in [2.24, 2.45) is 0 Å². The predicted octanol–water partition coefficient (Wildman–Crippen LogP) is 3.39. The molecule has 0 radical (unpaired) electrons. The Morgan fingerprint density at radius 3 is 2.88 bits per heavy atom. The van der Waals surface area contributed by atoms with Gasteiger partial charge in [0.15, 0.2) is 5.44 Å². The minimum atomic E-state index is -0.408. The van der Waals surface area contributed by atoms with Gasteiger partial charge in [0.1, 0.15) is 0 Å². The second-order valence-corrected chi connectivity index (χ2v) is 5.28. The van der Waals surface area contributed by atoms with Crippen LogP contribution in [0.2, 0.25) is 10.0 Å². The first-order valence-electron chi connectivity index (χ1n) is 5.13. The van der Waals surface area contributed by atoms with Gasteiger partial charge in [-0.3, -0.25) is 9.69 Å². The van der Waals surface area contributed by atoms with Crippen LogP contribution in [0.4, 0.5) is 5.69 Å². The van der Waals surface area contributed by atoms with E-state index in [1.807, 2.05) is 6.92 Å². The first kappa shape index (κ1) is 13.0. The van der Waals surface area contributed by atoms with Gasteiger partial charge in [0, 0.05) is 12.3 Å². The van der Waals surface area contributed by atoms with Crippen LogP contribution in [0.3, 0.4) is 0 Å². The summed E-state index contributed by atoms with van der Waals surface area (Å²) in [4.78, 5) is 13.6. The Hall–Kier alpha value is -0.420. The molecule has 0 saturated carbocycles. The van der Waals surface area contributed by atoms with Crippen LogP contribution in [0.25, 0.3) is 0 Å². The van der Waals surface area contributed by atoms with E-state index >= 15 is 0 Å². The number of rotatable bonds is 3. The van der Waals surface area contributed by atoms with Gasteiger partial charge in [-0.15, -0.1) is 0 Å². The fourth-order valence-electron chi connectivity index (χ4n) is 1.53. The lowest BCUT2D eigenvalue weighted by atomic mass is 10.3. The van der Waals surface area contributed by atoms with E-state index < -0.39 is 5.44 Å². The van der Waals surface area contributed by atoms with Gasteiger partial charge in [0.25, 0.3) is 5.91 Å². The molecule has 1 unspecified atom stereocenters. The Kier molecular flexibility index (Phi) is 4.20. The SMILES string of the molecule is CCOC1SCN(c2ccc(Cl)c(Cl)c2)C1=O. The minimum Gasteiger partial charge on any atom is -0.358 e. The minimum absolute atomic E-state index is 0.0461. The lowest BCUT2D eigenvalue weighted by Gasteiger charge is -2.16. The fourth-order valence-corrected chi connectivity index (χ4v) is 2.89. The average molecular weight is 292 g/mol. The van der Waals surface area contributed by atoms with Crippen LogP contribution in [0, 0.1) is 0 Å². The van der Waals surface area contributed by atoms with Gasteiger partial charge in [-0.1, -0.05) is 35.0 Å². The van der Waals surface area contributed by atoms with Crippen molar-refractivity contribution in [3.05, 3.63) is 28.2 Å². The summed E-state index contributed by atoms with van der Waals surface area (Å²) in [5.41, 5.74) is 0.341. The topological polar surface area (TPSA) is 29.5 Å². The van der Waals surface area contributed by atoms with Crippen molar-refractivity contribution in [1.82, 2.24) is 0 Å². The van der Waals surface area contributed by atoms with Gasteiger partial charge in [-0.25, -0.2) is 0 Å². The maximum Gasteiger partial charge on any atom is 0.267 e. The molecule has 3 nitrogen and oxygen atoms in total. The summed E-state index contributed by atoms with van der Waals surface area (Å²) in [6.07, 6.45) is 0. The highest BCUT2D eigenvalue weighted by molar-refractivity contribution is 8.01. The summed E-state index contributed by atoms with van der Waals surface area (Å²) in [6.45, 7) is 2.40. The first-order valence-corrected chi connectivity index (χ1v) is 6.93. The molecule has 1 aliphatic heterocycles. The molecule has 6 heteroatoms. The molecule has 1 fully saturated rings. The summed E-state index contributed by atoms with van der Waals surface area (Å²) in [5.74, 6) is 0.525. The second kappa shape index (κ2) is 5.48. The quantitative estimate of drug-likeness (QED) is 0.855. The van der Waals surface area contributed by atoms with Crippen molar-refractivity contribution in [3.63, 3.8) is 0 Å². The Morgan fingerprint density at radius 1 is 1.47 bits per heavy atom. The number of benzene rings is 1. The zero-order valence-electron chi connectivity index (χ0n) is 9.15. The Labute approximate surface area is 114 Å². The molecule has 0 spiro atoms. The van der Waals surface area contributed by atoms with Gasteiger partial charge < -0.3 is 4.74 Å². The van der Waals surface area contributed by atoms with Gasteiger partial charge >= 0.3 is 0 Å². The normalized spacial score (nSPS) is 20.1. The number of halogens is 2. The largest absolute Gasteiger partial charge is 0.358 e. The standard InChI is InChI=1S/C11H11Cl2NO2S/c1-2-16-11-10(15)14(6-17-11)7-3-4-8(12)9(13)5-7/h3-5,11H,2,6H2,1H3. The zero-order chi connectivity index (χ0) is 12.4. The van der Waals surface area contributed by atoms with E-state index in [1.165, 1.54) is 11.8 Å². The van der Waals surface area contributed by atoms with Crippen LogP contribution in [0.15, 0.2) is 18.2 Å². The molecule has 1 saturated heterocycles. The van der Waals surface area contributed by atoms with Gasteiger partial charge in [-0.2, -0.15) is 0 Å². The predicted molar refractivity (Wildman–Crippen MR) is 71.8 cm³/mol. The maximum absolute atomic E-state index is 12.0. The lowest BCUT2D eigenvalue weighted by molar-refractivity contribution is -0.123. The summed E-state index contributed by atoms with van der Waals surface area (Å²) in [6, 6.07) is 5.16. The van der Waals surface area contributed by atoms with Crippen molar-refractivity contribution < 1.29 is 9.53 Å². The van der Waals surface area contributed by atoms with Crippen LogP contribution in [-0.4, -0.2) is 23.8 Å². The molecule has 2 rings (SSSR count). The number of ether oxygens (including phenoxy) is 1. The van der Waals surface area contributed by atoms with Crippen LogP contribution >= 0.6 is 35.0 Å². The number of carbonyl (C=O) groups is 1. The molecule has 1 atom stereocenters. The van der Waals surface area contributed by atoms with E-state index in [-0.39, 0.29) is 5.91 Å². The Bertz CT molecular complexity index is 441. The molecule has 1 amide bonds. The molecule has 17 heavy (non-hydrogen) atoms. The average Bonchev–Trinajstić information content (AvgIpc) is 2.66. The third kappa shape index (κ3) is 2.71. The molecule has 1 aromatic carbocycles. The summed E-state index contributed by atoms with van der Waals surface area (Å²) in [5, 5.41) is 0.929. The number of amides is 1. The van der Waals surface area contributed by atoms with E-state index in [4.69, 9.17) is 27.9 Å². The molecule has 92 valence electrons. The summed E-state index contributed by atoms with van der Waals surface area (Å²) < 4.78 is 5.33. The Balaban J connectivity index is 2.18. The van der Waals surface area contributed by atoms with E-state index in [2.05, 4.69) is 0 Å². The van der Waals surface area contributed by atoms with Gasteiger partial charge in [0.2, 0.25) is 0 Å². The molecule has 1 aliphatic rings. The third-order valence-corrected chi connectivity index (χ3v) is 4.14. The van der Waals surface area contributed by atoms with Crippen molar-refractivity contribution in [2.45, 2.75) is 12.4 Å². The monoisotopic (exact) mass is 291 g/mol. The molecular weight excluding hydrogens is 281 g/mol. The maximum atomic E-state index is 12.0. The number of thioether (sulfide) groups is 1. The molecule has 1 aromatic rings. The van der Waals surface area contributed by atoms with E-state index in [1.54, 1.807) is 23.1 Å². The summed E-state index contributed by atoms with van der Waals surface area (Å²) in [7, 11) is 0. The number of carbonyl (C=O) groups excluding carboxylic acids is 1. The van der Waals surface area contributed by atoms with E-state index in [0.29, 0.717) is 22.5 Å². The first-order chi connectivity index (χ1) is 8.13.